The number of aromatic nitrogens is 2. The van der Waals surface area contributed by atoms with Crippen LogP contribution in [0.3, 0.4) is 0 Å². The van der Waals surface area contributed by atoms with E-state index < -0.39 is 0 Å². The first-order valence-electron chi connectivity index (χ1n) is 4.96. The molecule has 0 unspecified atom stereocenters. The molecule has 0 fully saturated rings. The summed E-state index contributed by atoms with van der Waals surface area (Å²) in [6.45, 7) is 0.308. The molecule has 17 heavy (non-hydrogen) atoms. The maximum atomic E-state index is 11.4. The lowest BCUT2D eigenvalue weighted by atomic mass is 10.1. The molecule has 0 aliphatic heterocycles. The van der Waals surface area contributed by atoms with Crippen LogP contribution in [-0.4, -0.2) is 16.7 Å². The van der Waals surface area contributed by atoms with Gasteiger partial charge in [0.2, 0.25) is 0 Å². The summed E-state index contributed by atoms with van der Waals surface area (Å²) in [6.07, 6.45) is 5.18. The van der Waals surface area contributed by atoms with Crippen LogP contribution in [0.15, 0.2) is 40.4 Å². The third-order valence-corrected chi connectivity index (χ3v) is 2.25. The van der Waals surface area contributed by atoms with E-state index in [1.165, 1.54) is 0 Å². The van der Waals surface area contributed by atoms with Gasteiger partial charge in [-0.05, 0) is 23.2 Å². The molecule has 1 aromatic carbocycles. The highest BCUT2D eigenvalue weighted by atomic mass is 16.1. The third-order valence-electron chi connectivity index (χ3n) is 2.25. The van der Waals surface area contributed by atoms with Crippen LogP contribution >= 0.6 is 0 Å². The average Bonchev–Trinajstić information content (AvgIpc) is 2.35. The van der Waals surface area contributed by atoms with Crippen LogP contribution in [0.25, 0.3) is 27.3 Å². The van der Waals surface area contributed by atoms with Crippen molar-refractivity contribution in [2.45, 2.75) is 0 Å². The van der Waals surface area contributed by atoms with E-state index in [2.05, 4.69) is 20.2 Å². The van der Waals surface area contributed by atoms with Crippen molar-refractivity contribution in [3.8, 4) is 0 Å². The standard InChI is InChI=1S/C11H9N5O/c12-16-13-5-1-2-8-3-4-10-9(6-8)7-14-15-11(10)17/h1-4,6-7H,5H2,(H,15,17). The molecule has 0 saturated carbocycles. The van der Waals surface area contributed by atoms with Crippen LogP contribution in [0.4, 0.5) is 0 Å². The number of hydrogen-bond acceptors (Lipinski definition) is 3. The summed E-state index contributed by atoms with van der Waals surface area (Å²) in [7, 11) is 0. The molecule has 0 bridgehead atoms. The van der Waals surface area contributed by atoms with Crippen molar-refractivity contribution in [1.82, 2.24) is 10.2 Å². The molecule has 0 spiro atoms. The molecule has 0 aliphatic carbocycles. The minimum atomic E-state index is -0.202. The summed E-state index contributed by atoms with van der Waals surface area (Å²) in [5.74, 6) is 0. The van der Waals surface area contributed by atoms with Gasteiger partial charge in [-0.3, -0.25) is 4.79 Å². The Bertz CT molecular complexity index is 667. The van der Waals surface area contributed by atoms with Gasteiger partial charge in [-0.25, -0.2) is 5.10 Å². The fourth-order valence-electron chi connectivity index (χ4n) is 1.49. The maximum absolute atomic E-state index is 11.4. The SMILES string of the molecule is [N-]=[N+]=NCC=Cc1ccc2c(=O)[nH]ncc2c1. The van der Waals surface area contributed by atoms with Gasteiger partial charge in [-0.1, -0.05) is 23.3 Å². The first kappa shape index (κ1) is 10.9. The van der Waals surface area contributed by atoms with Crippen LogP contribution in [-0.2, 0) is 0 Å². The Kier molecular flexibility index (Phi) is 3.18. The Morgan fingerprint density at radius 1 is 1.53 bits per heavy atom. The van der Waals surface area contributed by atoms with Crippen molar-refractivity contribution in [2.24, 2.45) is 5.11 Å². The zero-order valence-electron chi connectivity index (χ0n) is 8.87. The van der Waals surface area contributed by atoms with Crippen molar-refractivity contribution in [1.29, 1.82) is 0 Å². The highest BCUT2D eigenvalue weighted by molar-refractivity contribution is 5.82. The largest absolute Gasteiger partial charge is 0.272 e. The average molecular weight is 227 g/mol. The highest BCUT2D eigenvalue weighted by Gasteiger charge is 1.97. The van der Waals surface area contributed by atoms with Crippen LogP contribution in [0, 0.1) is 0 Å². The molecule has 0 saturated heterocycles. The number of rotatable bonds is 3. The zero-order chi connectivity index (χ0) is 12.1. The molecular weight excluding hydrogens is 218 g/mol. The second kappa shape index (κ2) is 4.96. The summed E-state index contributed by atoms with van der Waals surface area (Å²) in [4.78, 5) is 14.0. The van der Waals surface area contributed by atoms with Gasteiger partial charge < -0.3 is 0 Å². The topological polar surface area (TPSA) is 94.5 Å². The molecule has 6 heteroatoms. The lowest BCUT2D eigenvalue weighted by Crippen LogP contribution is -2.06. The number of nitrogens with zero attached hydrogens (tertiary/aromatic N) is 4. The van der Waals surface area contributed by atoms with E-state index >= 15 is 0 Å². The van der Waals surface area contributed by atoms with Crippen molar-refractivity contribution in [3.05, 3.63) is 56.8 Å². The van der Waals surface area contributed by atoms with Crippen LogP contribution < -0.4 is 5.56 Å². The summed E-state index contributed by atoms with van der Waals surface area (Å²) in [5, 5.41) is 10.9. The monoisotopic (exact) mass is 227 g/mol. The third kappa shape index (κ3) is 2.50. The Morgan fingerprint density at radius 2 is 2.41 bits per heavy atom. The van der Waals surface area contributed by atoms with E-state index in [4.69, 9.17) is 5.53 Å². The number of nitrogens with one attached hydrogen (secondary N) is 1. The van der Waals surface area contributed by atoms with Gasteiger partial charge in [0.1, 0.15) is 0 Å². The van der Waals surface area contributed by atoms with E-state index in [9.17, 15) is 4.79 Å². The molecule has 1 aromatic heterocycles. The van der Waals surface area contributed by atoms with E-state index in [0.717, 1.165) is 10.9 Å². The number of azide groups is 1. The Morgan fingerprint density at radius 3 is 3.24 bits per heavy atom. The second-order valence-corrected chi connectivity index (χ2v) is 3.36. The number of H-pyrrole nitrogens is 1. The van der Waals surface area contributed by atoms with Gasteiger partial charge in [-0.2, -0.15) is 5.10 Å². The lowest BCUT2D eigenvalue weighted by molar-refractivity contribution is 1.01. The molecule has 0 radical (unpaired) electrons. The molecule has 0 atom stereocenters. The Labute approximate surface area is 96.2 Å². The molecule has 2 rings (SSSR count). The van der Waals surface area contributed by atoms with E-state index in [1.807, 2.05) is 18.2 Å². The van der Waals surface area contributed by atoms with Crippen LogP contribution in [0.5, 0.6) is 0 Å². The highest BCUT2D eigenvalue weighted by Crippen LogP contribution is 2.12. The first-order valence-corrected chi connectivity index (χ1v) is 4.96. The van der Waals surface area contributed by atoms with E-state index in [0.29, 0.717) is 11.9 Å². The minimum absolute atomic E-state index is 0.202. The number of hydrogen-bond donors (Lipinski definition) is 1. The van der Waals surface area contributed by atoms with Crippen molar-refractivity contribution < 1.29 is 0 Å². The molecule has 2 aromatic rings. The van der Waals surface area contributed by atoms with Gasteiger partial charge in [0, 0.05) is 16.8 Å². The van der Waals surface area contributed by atoms with Crippen LogP contribution in [0.1, 0.15) is 5.56 Å². The van der Waals surface area contributed by atoms with Crippen LogP contribution in [0.2, 0.25) is 0 Å². The fraction of sp³-hybridized carbons (Fsp3) is 0.0909. The lowest BCUT2D eigenvalue weighted by Gasteiger charge is -1.97. The normalized spacial score (nSPS) is 10.6. The van der Waals surface area contributed by atoms with Gasteiger partial charge >= 0.3 is 0 Å². The van der Waals surface area contributed by atoms with Crippen molar-refractivity contribution in [2.75, 3.05) is 6.54 Å². The molecule has 0 aliphatic rings. The molecule has 6 nitrogen and oxygen atoms in total. The molecule has 1 N–H and O–H groups in total. The molecule has 1 heterocycles. The van der Waals surface area contributed by atoms with Crippen molar-refractivity contribution in [3.63, 3.8) is 0 Å². The van der Waals surface area contributed by atoms with Gasteiger partial charge in [0.15, 0.2) is 0 Å². The predicted octanol–water partition coefficient (Wildman–Crippen LogP) is 2.25. The van der Waals surface area contributed by atoms with E-state index in [1.54, 1.807) is 18.3 Å². The van der Waals surface area contributed by atoms with Gasteiger partial charge in [0.05, 0.1) is 11.6 Å². The van der Waals surface area contributed by atoms with E-state index in [-0.39, 0.29) is 5.56 Å². The van der Waals surface area contributed by atoms with Crippen molar-refractivity contribution >= 4 is 16.8 Å². The number of fused-ring (bicyclic) bond motifs is 1. The summed E-state index contributed by atoms with van der Waals surface area (Å²) in [5.41, 5.74) is 8.84. The van der Waals surface area contributed by atoms with Gasteiger partial charge in [0.25, 0.3) is 5.56 Å². The minimum Gasteiger partial charge on any atom is -0.267 e. The molecule has 0 amide bonds. The Hall–Kier alpha value is -2.59. The molecule has 84 valence electrons. The fourth-order valence-corrected chi connectivity index (χ4v) is 1.49. The Balaban J connectivity index is 2.35. The quantitative estimate of drug-likeness (QED) is 0.494. The maximum Gasteiger partial charge on any atom is 0.272 e. The predicted molar refractivity (Wildman–Crippen MR) is 65.4 cm³/mol. The number of benzene rings is 1. The first-order chi connectivity index (χ1) is 8.31. The summed E-state index contributed by atoms with van der Waals surface area (Å²) >= 11 is 0. The van der Waals surface area contributed by atoms with Gasteiger partial charge in [-0.15, -0.1) is 0 Å². The zero-order valence-corrected chi connectivity index (χ0v) is 8.87. The summed E-state index contributed by atoms with van der Waals surface area (Å²) in [6, 6.07) is 5.41. The molecular formula is C11H9N5O. The smallest absolute Gasteiger partial charge is 0.267 e. The second-order valence-electron chi connectivity index (χ2n) is 3.36. The summed E-state index contributed by atoms with van der Waals surface area (Å²) < 4.78 is 0. The number of aromatic amines is 1.